The van der Waals surface area contributed by atoms with E-state index in [2.05, 4.69) is 9.88 Å². The van der Waals surface area contributed by atoms with Crippen LogP contribution in [0, 0.1) is 6.92 Å². The number of likely N-dealkylation sites (N-methyl/N-ethyl adjacent to an activating group) is 1. The second kappa shape index (κ2) is 3.79. The lowest BCUT2D eigenvalue weighted by Gasteiger charge is -2.16. The van der Waals surface area contributed by atoms with E-state index < -0.39 is 11.2 Å². The summed E-state index contributed by atoms with van der Waals surface area (Å²) in [4.78, 5) is 27.2. The van der Waals surface area contributed by atoms with Gasteiger partial charge in [0.1, 0.15) is 0 Å². The number of rotatable bonds is 1. The minimum Gasteiger partial charge on any atom is -0.494 e. The van der Waals surface area contributed by atoms with Crippen LogP contribution < -0.4 is 11.2 Å². The van der Waals surface area contributed by atoms with Crippen LogP contribution >= 0.6 is 0 Å². The molecule has 0 radical (unpaired) electrons. The number of nitrogens with one attached hydrogen (secondary N) is 1. The SMILES string of the molecule is Cc1c(O)n(C2CCN(C)C2)c(=O)[nH]c1=O. The second-order valence-corrected chi connectivity index (χ2v) is 4.28. The Morgan fingerprint density at radius 1 is 1.44 bits per heavy atom. The maximum atomic E-state index is 11.6. The van der Waals surface area contributed by atoms with Gasteiger partial charge in [-0.05, 0) is 26.9 Å². The van der Waals surface area contributed by atoms with Gasteiger partial charge in [-0.1, -0.05) is 0 Å². The van der Waals surface area contributed by atoms with E-state index in [9.17, 15) is 14.7 Å². The number of nitrogens with zero attached hydrogens (tertiary/aromatic N) is 2. The molecule has 0 spiro atoms. The quantitative estimate of drug-likeness (QED) is 0.670. The van der Waals surface area contributed by atoms with Crippen molar-refractivity contribution in [3.63, 3.8) is 0 Å². The largest absolute Gasteiger partial charge is 0.494 e. The maximum absolute atomic E-state index is 11.6. The predicted molar refractivity (Wildman–Crippen MR) is 58.9 cm³/mol. The van der Waals surface area contributed by atoms with Crippen molar-refractivity contribution < 1.29 is 5.11 Å². The molecule has 88 valence electrons. The van der Waals surface area contributed by atoms with Crippen LogP contribution in [0.4, 0.5) is 0 Å². The summed E-state index contributed by atoms with van der Waals surface area (Å²) in [6.07, 6.45) is 0.801. The second-order valence-electron chi connectivity index (χ2n) is 4.28. The molecule has 0 bridgehead atoms. The third kappa shape index (κ3) is 1.65. The summed E-state index contributed by atoms with van der Waals surface area (Å²) < 4.78 is 1.28. The lowest BCUT2D eigenvalue weighted by atomic mass is 10.2. The van der Waals surface area contributed by atoms with Crippen molar-refractivity contribution in [1.82, 2.24) is 14.5 Å². The summed E-state index contributed by atoms with van der Waals surface area (Å²) in [5.74, 6) is -0.214. The molecule has 1 atom stereocenters. The van der Waals surface area contributed by atoms with Gasteiger partial charge in [0.15, 0.2) is 0 Å². The molecule has 2 rings (SSSR count). The van der Waals surface area contributed by atoms with Gasteiger partial charge < -0.3 is 10.0 Å². The van der Waals surface area contributed by atoms with Gasteiger partial charge in [-0.2, -0.15) is 0 Å². The fourth-order valence-electron chi connectivity index (χ4n) is 2.09. The minimum atomic E-state index is -0.534. The molecule has 1 aromatic rings. The minimum absolute atomic E-state index is 0.0620. The van der Waals surface area contributed by atoms with Crippen molar-refractivity contribution in [1.29, 1.82) is 0 Å². The molecule has 1 aliphatic heterocycles. The third-order valence-corrected chi connectivity index (χ3v) is 3.08. The third-order valence-electron chi connectivity index (χ3n) is 3.08. The summed E-state index contributed by atoms with van der Waals surface area (Å²) in [6, 6.07) is -0.0620. The van der Waals surface area contributed by atoms with Gasteiger partial charge >= 0.3 is 5.69 Å². The Morgan fingerprint density at radius 3 is 2.69 bits per heavy atom. The smallest absolute Gasteiger partial charge is 0.331 e. The molecule has 2 N–H and O–H groups in total. The molecule has 6 heteroatoms. The van der Waals surface area contributed by atoms with Gasteiger partial charge in [0, 0.05) is 6.54 Å². The topological polar surface area (TPSA) is 78.3 Å². The maximum Gasteiger partial charge on any atom is 0.331 e. The Kier molecular flexibility index (Phi) is 2.59. The van der Waals surface area contributed by atoms with Crippen LogP contribution in [-0.4, -0.2) is 39.7 Å². The van der Waals surface area contributed by atoms with E-state index in [0.29, 0.717) is 6.54 Å². The van der Waals surface area contributed by atoms with E-state index in [0.717, 1.165) is 13.0 Å². The molecule has 0 amide bonds. The fourth-order valence-corrected chi connectivity index (χ4v) is 2.09. The summed E-state index contributed by atoms with van der Waals surface area (Å²) in [6.45, 7) is 3.09. The van der Waals surface area contributed by atoms with Crippen LogP contribution in [0.2, 0.25) is 0 Å². The molecular weight excluding hydrogens is 210 g/mol. The van der Waals surface area contributed by atoms with Gasteiger partial charge in [-0.25, -0.2) is 4.79 Å². The van der Waals surface area contributed by atoms with Crippen LogP contribution in [-0.2, 0) is 0 Å². The van der Waals surface area contributed by atoms with Gasteiger partial charge in [0.05, 0.1) is 11.6 Å². The first-order valence-corrected chi connectivity index (χ1v) is 5.23. The van der Waals surface area contributed by atoms with Crippen LogP contribution in [0.25, 0.3) is 0 Å². The number of hydrogen-bond donors (Lipinski definition) is 2. The Balaban J connectivity index is 2.53. The van der Waals surface area contributed by atoms with Crippen molar-refractivity contribution in [3.8, 4) is 5.88 Å². The van der Waals surface area contributed by atoms with Crippen LogP contribution in [0.1, 0.15) is 18.0 Å². The van der Waals surface area contributed by atoms with Gasteiger partial charge in [0.25, 0.3) is 5.56 Å². The lowest BCUT2D eigenvalue weighted by molar-refractivity contribution is 0.343. The first-order valence-electron chi connectivity index (χ1n) is 5.23. The molecule has 1 saturated heterocycles. The molecule has 2 heterocycles. The average Bonchev–Trinajstić information content (AvgIpc) is 2.61. The highest BCUT2D eigenvalue weighted by molar-refractivity contribution is 5.21. The summed E-state index contributed by atoms with van der Waals surface area (Å²) >= 11 is 0. The molecule has 16 heavy (non-hydrogen) atoms. The summed E-state index contributed by atoms with van der Waals surface area (Å²) in [5, 5.41) is 9.83. The van der Waals surface area contributed by atoms with Crippen molar-refractivity contribution in [3.05, 3.63) is 26.4 Å². The molecular formula is C10H15N3O3. The van der Waals surface area contributed by atoms with Crippen LogP contribution in [0.5, 0.6) is 5.88 Å². The molecule has 1 unspecified atom stereocenters. The van der Waals surface area contributed by atoms with E-state index in [1.54, 1.807) is 0 Å². The van der Waals surface area contributed by atoms with Crippen molar-refractivity contribution >= 4 is 0 Å². The average molecular weight is 225 g/mol. The number of H-pyrrole nitrogens is 1. The monoisotopic (exact) mass is 225 g/mol. The zero-order valence-corrected chi connectivity index (χ0v) is 9.36. The Morgan fingerprint density at radius 2 is 2.12 bits per heavy atom. The van der Waals surface area contributed by atoms with E-state index >= 15 is 0 Å². The van der Waals surface area contributed by atoms with Crippen LogP contribution in [0.15, 0.2) is 9.59 Å². The lowest BCUT2D eigenvalue weighted by Crippen LogP contribution is -2.34. The number of likely N-dealkylation sites (tertiary alicyclic amines) is 1. The van der Waals surface area contributed by atoms with E-state index in [4.69, 9.17) is 0 Å². The number of aromatic hydroxyl groups is 1. The molecule has 1 aromatic heterocycles. The summed E-state index contributed by atoms with van der Waals surface area (Å²) in [5.41, 5.74) is -0.868. The van der Waals surface area contributed by atoms with E-state index in [-0.39, 0.29) is 17.5 Å². The molecule has 1 aliphatic rings. The number of hydrogen-bond acceptors (Lipinski definition) is 4. The molecule has 6 nitrogen and oxygen atoms in total. The summed E-state index contributed by atoms with van der Waals surface area (Å²) in [7, 11) is 1.96. The zero-order chi connectivity index (χ0) is 11.9. The highest BCUT2D eigenvalue weighted by Crippen LogP contribution is 2.23. The fraction of sp³-hybridized carbons (Fsp3) is 0.600. The van der Waals surface area contributed by atoms with Crippen molar-refractivity contribution in [2.24, 2.45) is 0 Å². The van der Waals surface area contributed by atoms with Gasteiger partial charge in [0.2, 0.25) is 5.88 Å². The highest BCUT2D eigenvalue weighted by Gasteiger charge is 2.25. The normalized spacial score (nSPS) is 21.5. The molecule has 1 fully saturated rings. The predicted octanol–water partition coefficient (Wildman–Crippen LogP) is -0.573. The number of aromatic nitrogens is 2. The Bertz CT molecular complexity index is 517. The highest BCUT2D eigenvalue weighted by atomic mass is 16.3. The van der Waals surface area contributed by atoms with Crippen LogP contribution in [0.3, 0.4) is 0 Å². The number of aromatic amines is 1. The van der Waals surface area contributed by atoms with Gasteiger partial charge in [-0.15, -0.1) is 0 Å². The van der Waals surface area contributed by atoms with E-state index in [1.165, 1.54) is 11.5 Å². The molecule has 0 aromatic carbocycles. The Hall–Kier alpha value is -1.56. The molecule has 0 saturated carbocycles. The first-order chi connectivity index (χ1) is 7.50. The van der Waals surface area contributed by atoms with E-state index in [1.807, 2.05) is 7.05 Å². The van der Waals surface area contributed by atoms with Crippen molar-refractivity contribution in [2.75, 3.05) is 20.1 Å². The molecule has 0 aliphatic carbocycles. The van der Waals surface area contributed by atoms with Gasteiger partial charge in [-0.3, -0.25) is 14.3 Å². The first kappa shape index (κ1) is 10.9. The standard InChI is InChI=1S/C10H15N3O3/c1-6-8(14)11-10(16)13(9(6)15)7-3-4-12(2)5-7/h7,15H,3-5H2,1-2H3,(H,11,14,16). The Labute approximate surface area is 92.1 Å². The zero-order valence-electron chi connectivity index (χ0n) is 9.36. The van der Waals surface area contributed by atoms with Crippen molar-refractivity contribution in [2.45, 2.75) is 19.4 Å².